The summed E-state index contributed by atoms with van der Waals surface area (Å²) in [5.74, 6) is 0. The van der Waals surface area contributed by atoms with E-state index < -0.39 is 12.5 Å². The average Bonchev–Trinajstić information content (AvgIpc) is 2.08. The Morgan fingerprint density at radius 1 is 1.31 bits per heavy atom. The molecule has 72 valence electrons. The van der Waals surface area contributed by atoms with Gasteiger partial charge in [-0.25, -0.2) is 8.78 Å². The Morgan fingerprint density at radius 3 is 2.46 bits per heavy atom. The summed E-state index contributed by atoms with van der Waals surface area (Å²) in [4.78, 5) is 0. The first-order chi connectivity index (χ1) is 6.11. The van der Waals surface area contributed by atoms with Crippen molar-refractivity contribution in [1.29, 1.82) is 0 Å². The van der Waals surface area contributed by atoms with Gasteiger partial charge in [-0.15, -0.1) is 0 Å². The molecule has 1 atom stereocenters. The van der Waals surface area contributed by atoms with E-state index in [1.54, 1.807) is 12.1 Å². The molecule has 0 heterocycles. The number of halogens is 2. The van der Waals surface area contributed by atoms with Crippen molar-refractivity contribution in [3.63, 3.8) is 0 Å². The fourth-order valence-electron chi connectivity index (χ4n) is 1.15. The molecule has 0 saturated carbocycles. The number of aliphatic hydroxyl groups excluding tert-OH is 1. The Labute approximate surface area is 76.0 Å². The predicted octanol–water partition coefficient (Wildman–Crippen LogP) is 2.16. The number of benzene rings is 1. The standard InChI is InChI=1S/C10H12F2O/c1-7-4-2-3-5-8(7)6-9(13)10(11)12/h2-5,9-10,13H,6H2,1H3. The molecule has 0 bridgehead atoms. The molecule has 0 aromatic heterocycles. The molecule has 0 aliphatic rings. The summed E-state index contributed by atoms with van der Waals surface area (Å²) in [6, 6.07) is 7.21. The first-order valence-electron chi connectivity index (χ1n) is 4.12. The second-order valence-corrected chi connectivity index (χ2v) is 3.03. The van der Waals surface area contributed by atoms with Gasteiger partial charge in [-0.3, -0.25) is 0 Å². The van der Waals surface area contributed by atoms with Gasteiger partial charge in [0.05, 0.1) is 0 Å². The summed E-state index contributed by atoms with van der Waals surface area (Å²) in [6.45, 7) is 1.84. The molecule has 0 aliphatic heterocycles. The van der Waals surface area contributed by atoms with Gasteiger partial charge in [0.2, 0.25) is 0 Å². The Morgan fingerprint density at radius 2 is 1.92 bits per heavy atom. The first-order valence-corrected chi connectivity index (χ1v) is 4.12. The van der Waals surface area contributed by atoms with Crippen LogP contribution in [0, 0.1) is 6.92 Å². The van der Waals surface area contributed by atoms with Gasteiger partial charge < -0.3 is 5.11 Å². The molecular weight excluding hydrogens is 174 g/mol. The summed E-state index contributed by atoms with van der Waals surface area (Å²) in [5.41, 5.74) is 1.71. The fraction of sp³-hybridized carbons (Fsp3) is 0.400. The predicted molar refractivity (Wildman–Crippen MR) is 46.9 cm³/mol. The minimum Gasteiger partial charge on any atom is -0.387 e. The van der Waals surface area contributed by atoms with E-state index in [1.807, 2.05) is 19.1 Å². The summed E-state index contributed by atoms with van der Waals surface area (Å²) in [7, 11) is 0. The number of rotatable bonds is 3. The quantitative estimate of drug-likeness (QED) is 0.767. The second-order valence-electron chi connectivity index (χ2n) is 3.03. The van der Waals surface area contributed by atoms with E-state index in [4.69, 9.17) is 5.11 Å². The molecular formula is C10H12F2O. The van der Waals surface area contributed by atoms with Crippen molar-refractivity contribution in [2.24, 2.45) is 0 Å². The number of alkyl halides is 2. The summed E-state index contributed by atoms with van der Waals surface area (Å²) < 4.78 is 24.0. The van der Waals surface area contributed by atoms with Gasteiger partial charge >= 0.3 is 0 Å². The maximum Gasteiger partial charge on any atom is 0.264 e. The third kappa shape index (κ3) is 2.77. The van der Waals surface area contributed by atoms with E-state index in [0.717, 1.165) is 11.1 Å². The normalized spacial score (nSPS) is 13.3. The number of aryl methyl sites for hydroxylation is 1. The molecule has 0 radical (unpaired) electrons. The van der Waals surface area contributed by atoms with Crippen molar-refractivity contribution >= 4 is 0 Å². The monoisotopic (exact) mass is 186 g/mol. The van der Waals surface area contributed by atoms with Crippen molar-refractivity contribution < 1.29 is 13.9 Å². The van der Waals surface area contributed by atoms with Crippen LogP contribution in [0.15, 0.2) is 24.3 Å². The first kappa shape index (κ1) is 10.1. The van der Waals surface area contributed by atoms with E-state index >= 15 is 0 Å². The van der Waals surface area contributed by atoms with Crippen LogP contribution in [0.25, 0.3) is 0 Å². The molecule has 1 aromatic rings. The lowest BCUT2D eigenvalue weighted by molar-refractivity contribution is -0.00372. The van der Waals surface area contributed by atoms with Gasteiger partial charge in [-0.1, -0.05) is 24.3 Å². The summed E-state index contributed by atoms with van der Waals surface area (Å²) >= 11 is 0. The Kier molecular flexibility index (Phi) is 3.37. The molecule has 13 heavy (non-hydrogen) atoms. The average molecular weight is 186 g/mol. The minimum atomic E-state index is -2.67. The smallest absolute Gasteiger partial charge is 0.264 e. The third-order valence-electron chi connectivity index (χ3n) is 1.98. The van der Waals surface area contributed by atoms with Crippen molar-refractivity contribution in [3.05, 3.63) is 35.4 Å². The molecule has 1 aromatic carbocycles. The van der Waals surface area contributed by atoms with Crippen molar-refractivity contribution in [2.75, 3.05) is 0 Å². The third-order valence-corrected chi connectivity index (χ3v) is 1.98. The van der Waals surface area contributed by atoms with Gasteiger partial charge in [0.15, 0.2) is 0 Å². The van der Waals surface area contributed by atoms with Gasteiger partial charge in [0.25, 0.3) is 6.43 Å². The van der Waals surface area contributed by atoms with Crippen LogP contribution in [0.5, 0.6) is 0 Å². The second kappa shape index (κ2) is 4.33. The van der Waals surface area contributed by atoms with Crippen LogP contribution in [0.3, 0.4) is 0 Å². The molecule has 0 fully saturated rings. The van der Waals surface area contributed by atoms with Crippen LogP contribution in [0.4, 0.5) is 8.78 Å². The zero-order chi connectivity index (χ0) is 9.84. The van der Waals surface area contributed by atoms with E-state index in [1.165, 1.54) is 0 Å². The number of hydrogen-bond acceptors (Lipinski definition) is 1. The molecule has 1 nitrogen and oxygen atoms in total. The largest absolute Gasteiger partial charge is 0.387 e. The molecule has 1 N–H and O–H groups in total. The Balaban J connectivity index is 2.69. The van der Waals surface area contributed by atoms with Crippen molar-refractivity contribution in [3.8, 4) is 0 Å². The van der Waals surface area contributed by atoms with Gasteiger partial charge in [-0.2, -0.15) is 0 Å². The van der Waals surface area contributed by atoms with Crippen LogP contribution >= 0.6 is 0 Å². The Bertz CT molecular complexity index is 273. The molecule has 1 rings (SSSR count). The SMILES string of the molecule is Cc1ccccc1CC(O)C(F)F. The van der Waals surface area contributed by atoms with E-state index in [2.05, 4.69) is 0 Å². The molecule has 0 amide bonds. The van der Waals surface area contributed by atoms with Crippen LogP contribution in [-0.2, 0) is 6.42 Å². The highest BCUT2D eigenvalue weighted by molar-refractivity contribution is 5.26. The van der Waals surface area contributed by atoms with E-state index in [-0.39, 0.29) is 6.42 Å². The lowest BCUT2D eigenvalue weighted by Crippen LogP contribution is -2.20. The minimum absolute atomic E-state index is 0.0182. The lowest BCUT2D eigenvalue weighted by atomic mass is 10.0. The molecule has 0 aliphatic carbocycles. The van der Waals surface area contributed by atoms with Crippen molar-refractivity contribution in [2.45, 2.75) is 25.9 Å². The van der Waals surface area contributed by atoms with Gasteiger partial charge in [-0.05, 0) is 18.1 Å². The van der Waals surface area contributed by atoms with E-state index in [0.29, 0.717) is 0 Å². The highest BCUT2D eigenvalue weighted by atomic mass is 19.3. The topological polar surface area (TPSA) is 20.2 Å². The Hall–Kier alpha value is -0.960. The van der Waals surface area contributed by atoms with Crippen LogP contribution in [-0.4, -0.2) is 17.6 Å². The maximum atomic E-state index is 12.0. The maximum absolute atomic E-state index is 12.0. The molecule has 0 spiro atoms. The van der Waals surface area contributed by atoms with Gasteiger partial charge in [0, 0.05) is 6.42 Å². The van der Waals surface area contributed by atoms with E-state index in [9.17, 15) is 8.78 Å². The highest BCUT2D eigenvalue weighted by Crippen LogP contribution is 2.13. The zero-order valence-corrected chi connectivity index (χ0v) is 7.37. The van der Waals surface area contributed by atoms with Gasteiger partial charge in [0.1, 0.15) is 6.10 Å². The number of aliphatic hydroxyl groups is 1. The summed E-state index contributed by atoms with van der Waals surface area (Å²) in [6.07, 6.45) is -4.20. The molecule has 0 saturated heterocycles. The van der Waals surface area contributed by atoms with Crippen LogP contribution < -0.4 is 0 Å². The fourth-order valence-corrected chi connectivity index (χ4v) is 1.15. The highest BCUT2D eigenvalue weighted by Gasteiger charge is 2.17. The molecule has 1 unspecified atom stereocenters. The molecule has 3 heteroatoms. The lowest BCUT2D eigenvalue weighted by Gasteiger charge is -2.10. The number of hydrogen-bond donors (Lipinski definition) is 1. The summed E-state index contributed by atoms with van der Waals surface area (Å²) in [5, 5.41) is 8.95. The van der Waals surface area contributed by atoms with Crippen LogP contribution in [0.1, 0.15) is 11.1 Å². The zero-order valence-electron chi connectivity index (χ0n) is 7.37. The van der Waals surface area contributed by atoms with Crippen molar-refractivity contribution in [1.82, 2.24) is 0 Å². The van der Waals surface area contributed by atoms with Crippen LogP contribution in [0.2, 0.25) is 0 Å².